The number of ether oxygens (including phenoxy) is 1. The van der Waals surface area contributed by atoms with Gasteiger partial charge in [-0.3, -0.25) is 9.69 Å². The Labute approximate surface area is 259 Å². The molecule has 7 heteroatoms. The zero-order chi connectivity index (χ0) is 31.1. The summed E-state index contributed by atoms with van der Waals surface area (Å²) in [6.45, 7) is 2.08. The van der Waals surface area contributed by atoms with Crippen LogP contribution < -0.4 is 0 Å². The van der Waals surface area contributed by atoms with Gasteiger partial charge in [-0.2, -0.15) is 5.26 Å². The SMILES string of the molecule is N#Cc1cccc([C@H](CN(CCCCC(=O)O)Cc2ccc(C(=O)O)cc2)OCc2ccc(CCc3ccccc3)cc2)c1. The zero-order valence-corrected chi connectivity index (χ0v) is 24.8. The van der Waals surface area contributed by atoms with Gasteiger partial charge in [0, 0.05) is 19.5 Å². The minimum absolute atomic E-state index is 0.104. The molecule has 0 heterocycles. The van der Waals surface area contributed by atoms with Crippen molar-refractivity contribution in [3.05, 3.63) is 142 Å². The Morgan fingerprint density at radius 2 is 1.43 bits per heavy atom. The van der Waals surface area contributed by atoms with Crippen LogP contribution in [0.4, 0.5) is 0 Å². The standard InChI is InChI=1S/C37H38N2O5/c38-24-32-9-6-10-34(23-32)35(44-27-31-16-14-29(15-17-31)13-12-28-7-2-1-3-8-28)26-39(22-5-4-11-36(40)41)25-30-18-20-33(21-19-30)37(42)43/h1-3,6-10,14-21,23,35H,4-5,11-13,22,25-27H2,(H,40,41)(H,42,43)/t35-/m0/s1. The second-order valence-electron chi connectivity index (χ2n) is 10.9. The van der Waals surface area contributed by atoms with Gasteiger partial charge in [-0.15, -0.1) is 0 Å². The van der Waals surface area contributed by atoms with Crippen LogP contribution in [0.15, 0.2) is 103 Å². The van der Waals surface area contributed by atoms with Crippen LogP contribution >= 0.6 is 0 Å². The molecule has 0 unspecified atom stereocenters. The van der Waals surface area contributed by atoms with E-state index in [4.69, 9.17) is 9.84 Å². The highest BCUT2D eigenvalue weighted by Crippen LogP contribution is 2.24. The summed E-state index contributed by atoms with van der Waals surface area (Å²) in [7, 11) is 0. The summed E-state index contributed by atoms with van der Waals surface area (Å²) in [4.78, 5) is 24.6. The van der Waals surface area contributed by atoms with Crippen molar-refractivity contribution in [2.75, 3.05) is 13.1 Å². The predicted octanol–water partition coefficient (Wildman–Crippen LogP) is 7.06. The van der Waals surface area contributed by atoms with E-state index < -0.39 is 11.9 Å². The lowest BCUT2D eigenvalue weighted by Crippen LogP contribution is -2.30. The van der Waals surface area contributed by atoms with E-state index in [2.05, 4.69) is 59.5 Å². The summed E-state index contributed by atoms with van der Waals surface area (Å²) in [6.07, 6.45) is 2.94. The normalized spacial score (nSPS) is 11.6. The van der Waals surface area contributed by atoms with Crippen molar-refractivity contribution in [3.8, 4) is 6.07 Å². The first-order valence-corrected chi connectivity index (χ1v) is 14.9. The lowest BCUT2D eigenvalue weighted by Gasteiger charge is -2.28. The number of nitrogens with zero attached hydrogens (tertiary/aromatic N) is 2. The molecule has 4 aromatic rings. The van der Waals surface area contributed by atoms with Crippen LogP contribution in [-0.4, -0.2) is 40.1 Å². The quantitative estimate of drug-likeness (QED) is 0.127. The van der Waals surface area contributed by atoms with Gasteiger partial charge in [-0.1, -0.05) is 78.9 Å². The van der Waals surface area contributed by atoms with Crippen molar-refractivity contribution in [1.82, 2.24) is 4.90 Å². The van der Waals surface area contributed by atoms with Gasteiger partial charge in [0.1, 0.15) is 0 Å². The van der Waals surface area contributed by atoms with E-state index in [1.807, 2.05) is 24.3 Å². The third-order valence-corrected chi connectivity index (χ3v) is 7.55. The lowest BCUT2D eigenvalue weighted by molar-refractivity contribution is -0.137. The number of unbranched alkanes of at least 4 members (excludes halogenated alkanes) is 1. The van der Waals surface area contributed by atoms with Gasteiger partial charge >= 0.3 is 11.9 Å². The Kier molecular flexibility index (Phi) is 12.2. The Balaban J connectivity index is 1.47. The number of nitriles is 1. The molecule has 0 radical (unpaired) electrons. The highest BCUT2D eigenvalue weighted by Gasteiger charge is 2.19. The monoisotopic (exact) mass is 590 g/mol. The highest BCUT2D eigenvalue weighted by atomic mass is 16.5. The van der Waals surface area contributed by atoms with E-state index in [1.165, 1.54) is 11.1 Å². The number of carboxylic acids is 2. The van der Waals surface area contributed by atoms with Crippen LogP contribution in [-0.2, 0) is 35.5 Å². The Morgan fingerprint density at radius 3 is 2.09 bits per heavy atom. The summed E-state index contributed by atoms with van der Waals surface area (Å²) in [5.41, 5.74) is 6.24. The number of carboxylic acid groups (broad SMARTS) is 2. The van der Waals surface area contributed by atoms with E-state index in [0.29, 0.717) is 44.6 Å². The van der Waals surface area contributed by atoms with Gasteiger partial charge in [0.2, 0.25) is 0 Å². The van der Waals surface area contributed by atoms with Crippen molar-refractivity contribution in [1.29, 1.82) is 5.26 Å². The molecule has 4 rings (SSSR count). The van der Waals surface area contributed by atoms with E-state index in [1.54, 1.807) is 30.3 Å². The van der Waals surface area contributed by atoms with Crippen LogP contribution in [0.1, 0.15) is 69.1 Å². The largest absolute Gasteiger partial charge is 0.481 e. The van der Waals surface area contributed by atoms with Gasteiger partial charge in [0.25, 0.3) is 0 Å². The molecule has 226 valence electrons. The molecule has 0 fully saturated rings. The van der Waals surface area contributed by atoms with Gasteiger partial charge < -0.3 is 14.9 Å². The maximum absolute atomic E-state index is 11.3. The van der Waals surface area contributed by atoms with E-state index in [-0.39, 0.29) is 18.1 Å². The molecule has 0 aliphatic heterocycles. The molecular weight excluding hydrogens is 552 g/mol. The van der Waals surface area contributed by atoms with Crippen LogP contribution in [0.5, 0.6) is 0 Å². The average molecular weight is 591 g/mol. The third kappa shape index (κ3) is 10.5. The maximum atomic E-state index is 11.3. The fourth-order valence-electron chi connectivity index (χ4n) is 5.09. The molecule has 0 aliphatic rings. The smallest absolute Gasteiger partial charge is 0.335 e. The number of aromatic carboxylic acids is 1. The molecule has 0 aliphatic carbocycles. The molecule has 0 saturated carbocycles. The summed E-state index contributed by atoms with van der Waals surface area (Å²) >= 11 is 0. The molecule has 44 heavy (non-hydrogen) atoms. The molecule has 0 bridgehead atoms. The Morgan fingerprint density at radius 1 is 0.773 bits per heavy atom. The topological polar surface area (TPSA) is 111 Å². The molecule has 0 amide bonds. The molecule has 7 nitrogen and oxygen atoms in total. The fourth-order valence-corrected chi connectivity index (χ4v) is 5.09. The van der Waals surface area contributed by atoms with Crippen LogP contribution in [0.2, 0.25) is 0 Å². The summed E-state index contributed by atoms with van der Waals surface area (Å²) in [5.74, 6) is -1.79. The first-order chi connectivity index (χ1) is 21.4. The lowest BCUT2D eigenvalue weighted by atomic mass is 10.0. The summed E-state index contributed by atoms with van der Waals surface area (Å²) < 4.78 is 6.52. The zero-order valence-electron chi connectivity index (χ0n) is 24.8. The fraction of sp³-hybridized carbons (Fsp3) is 0.270. The second-order valence-corrected chi connectivity index (χ2v) is 10.9. The minimum Gasteiger partial charge on any atom is -0.481 e. The van der Waals surface area contributed by atoms with Crippen LogP contribution in [0.3, 0.4) is 0 Å². The molecule has 2 N–H and O–H groups in total. The number of rotatable bonds is 17. The summed E-state index contributed by atoms with van der Waals surface area (Å²) in [5, 5.41) is 27.9. The van der Waals surface area contributed by atoms with E-state index >= 15 is 0 Å². The third-order valence-electron chi connectivity index (χ3n) is 7.55. The number of benzene rings is 4. The van der Waals surface area contributed by atoms with Crippen LogP contribution in [0, 0.1) is 11.3 Å². The van der Waals surface area contributed by atoms with E-state index in [0.717, 1.165) is 29.5 Å². The maximum Gasteiger partial charge on any atom is 0.335 e. The molecule has 0 saturated heterocycles. The van der Waals surface area contributed by atoms with Crippen molar-refractivity contribution < 1.29 is 24.5 Å². The van der Waals surface area contributed by atoms with Crippen molar-refractivity contribution in [2.45, 2.75) is 51.4 Å². The molecule has 1 atom stereocenters. The summed E-state index contributed by atoms with van der Waals surface area (Å²) in [6, 6.07) is 35.3. The predicted molar refractivity (Wildman–Crippen MR) is 169 cm³/mol. The van der Waals surface area contributed by atoms with E-state index in [9.17, 15) is 20.0 Å². The molecule has 4 aromatic carbocycles. The van der Waals surface area contributed by atoms with Crippen molar-refractivity contribution in [2.24, 2.45) is 0 Å². The molecule has 0 spiro atoms. The first kappa shape index (κ1) is 32.2. The first-order valence-electron chi connectivity index (χ1n) is 14.9. The molecular formula is C37H38N2O5. The van der Waals surface area contributed by atoms with Crippen molar-refractivity contribution in [3.63, 3.8) is 0 Å². The number of aryl methyl sites for hydroxylation is 2. The second kappa shape index (κ2) is 16.8. The minimum atomic E-state index is -0.975. The number of hydrogen-bond donors (Lipinski definition) is 2. The molecule has 0 aromatic heterocycles. The van der Waals surface area contributed by atoms with Gasteiger partial charge in [0.05, 0.1) is 29.9 Å². The Hall–Kier alpha value is -4.77. The highest BCUT2D eigenvalue weighted by molar-refractivity contribution is 5.87. The average Bonchev–Trinajstić information content (AvgIpc) is 3.05. The van der Waals surface area contributed by atoms with Gasteiger partial charge in [-0.05, 0) is 84.3 Å². The number of carbonyl (C=O) groups is 2. The number of hydrogen-bond acceptors (Lipinski definition) is 5. The van der Waals surface area contributed by atoms with Crippen molar-refractivity contribution >= 4 is 11.9 Å². The Bertz CT molecular complexity index is 1530. The van der Waals surface area contributed by atoms with Gasteiger partial charge in [0.15, 0.2) is 0 Å². The van der Waals surface area contributed by atoms with Crippen LogP contribution in [0.25, 0.3) is 0 Å². The van der Waals surface area contributed by atoms with Gasteiger partial charge in [-0.25, -0.2) is 4.79 Å². The number of aliphatic carboxylic acids is 1.